The molecule has 0 aliphatic rings. The van der Waals surface area contributed by atoms with Crippen LogP contribution >= 0.6 is 11.6 Å². The third kappa shape index (κ3) is 5.73. The van der Waals surface area contributed by atoms with E-state index in [1.807, 2.05) is 45.0 Å². The van der Waals surface area contributed by atoms with E-state index in [-0.39, 0.29) is 17.1 Å². The van der Waals surface area contributed by atoms with Crippen LogP contribution in [-0.4, -0.2) is 34.1 Å². The van der Waals surface area contributed by atoms with Gasteiger partial charge in [0.15, 0.2) is 20.4 Å². The molecule has 0 aliphatic carbocycles. The Balaban J connectivity index is 1.84. The molecule has 1 unspecified atom stereocenters. The molecule has 2 aromatic carbocycles. The van der Waals surface area contributed by atoms with E-state index >= 15 is 0 Å². The highest BCUT2D eigenvalue weighted by Crippen LogP contribution is 2.36. The SMILES string of the molecule is CC(C)(C)[S+]([O-])N[C@@H](Cc1nc(S(C)(=O)=O)ccc1F)c1ccccc1-c1noc2cc(Cl)ccc12. The summed E-state index contributed by atoms with van der Waals surface area (Å²) in [6.07, 6.45) is 0.953. The third-order valence-electron chi connectivity index (χ3n) is 5.50. The molecule has 0 aliphatic heterocycles. The second-order valence-corrected chi connectivity index (χ2v) is 13.8. The minimum atomic E-state index is -3.65. The van der Waals surface area contributed by atoms with E-state index in [9.17, 15) is 17.4 Å². The predicted molar refractivity (Wildman–Crippen MR) is 139 cm³/mol. The van der Waals surface area contributed by atoms with Gasteiger partial charge in [0.05, 0.1) is 11.7 Å². The van der Waals surface area contributed by atoms with Crippen LogP contribution in [0.3, 0.4) is 0 Å². The fourth-order valence-electron chi connectivity index (χ4n) is 3.65. The topological polar surface area (TPSA) is 108 Å². The lowest BCUT2D eigenvalue weighted by atomic mass is 9.94. The molecular weight excluding hydrogens is 525 g/mol. The molecule has 190 valence electrons. The van der Waals surface area contributed by atoms with Crippen LogP contribution in [0.1, 0.15) is 38.1 Å². The Labute approximate surface area is 217 Å². The van der Waals surface area contributed by atoms with Crippen molar-refractivity contribution in [1.29, 1.82) is 0 Å². The van der Waals surface area contributed by atoms with Crippen molar-refractivity contribution >= 4 is 43.8 Å². The normalized spacial score (nSPS) is 14.2. The van der Waals surface area contributed by atoms with Gasteiger partial charge in [-0.25, -0.2) is 17.8 Å². The lowest BCUT2D eigenvalue weighted by molar-refractivity contribution is 0.459. The number of rotatable bonds is 7. The number of nitrogens with zero attached hydrogens (tertiary/aromatic N) is 2. The Morgan fingerprint density at radius 3 is 2.58 bits per heavy atom. The first-order valence-electron chi connectivity index (χ1n) is 11.0. The standard InChI is InChI=1S/C25H25ClFN3O4S2/c1-25(2,3)35(31)30-20(14-21-19(27)11-12-23(28-21)36(4,32)33)16-7-5-6-8-17(16)24-18-10-9-15(26)13-22(18)34-29-24/h5-13,20,30H,14H2,1-4H3/t20-,35?/m0/s1. The molecule has 0 fully saturated rings. The Morgan fingerprint density at radius 2 is 1.89 bits per heavy atom. The Hall–Kier alpha value is -2.50. The first-order chi connectivity index (χ1) is 16.8. The molecule has 2 atom stereocenters. The van der Waals surface area contributed by atoms with Crippen LogP contribution in [0.5, 0.6) is 0 Å². The summed E-state index contributed by atoms with van der Waals surface area (Å²) >= 11 is 4.55. The van der Waals surface area contributed by atoms with Crippen LogP contribution in [0, 0.1) is 5.82 Å². The molecule has 0 bridgehead atoms. The lowest BCUT2D eigenvalue weighted by Gasteiger charge is -2.29. The third-order valence-corrected chi connectivity index (χ3v) is 8.33. The molecule has 4 rings (SSSR count). The van der Waals surface area contributed by atoms with Crippen molar-refractivity contribution in [3.8, 4) is 11.3 Å². The van der Waals surface area contributed by atoms with E-state index in [1.54, 1.807) is 18.2 Å². The smallest absolute Gasteiger partial charge is 0.192 e. The average molecular weight is 550 g/mol. The second kappa shape index (κ2) is 10.1. The van der Waals surface area contributed by atoms with Crippen molar-refractivity contribution in [3.63, 3.8) is 0 Å². The summed E-state index contributed by atoms with van der Waals surface area (Å²) in [6.45, 7) is 5.45. The van der Waals surface area contributed by atoms with Gasteiger partial charge in [0, 0.05) is 46.1 Å². The van der Waals surface area contributed by atoms with Gasteiger partial charge in [-0.3, -0.25) is 0 Å². The monoisotopic (exact) mass is 549 g/mol. The zero-order chi connectivity index (χ0) is 26.3. The van der Waals surface area contributed by atoms with Crippen molar-refractivity contribution in [2.75, 3.05) is 6.26 Å². The van der Waals surface area contributed by atoms with Gasteiger partial charge in [0.1, 0.15) is 16.3 Å². The summed E-state index contributed by atoms with van der Waals surface area (Å²) in [5.74, 6) is -0.658. The highest BCUT2D eigenvalue weighted by atomic mass is 35.5. The minimum Gasteiger partial charge on any atom is -0.598 e. The molecule has 0 spiro atoms. The highest BCUT2D eigenvalue weighted by molar-refractivity contribution is 7.91. The van der Waals surface area contributed by atoms with Crippen molar-refractivity contribution in [1.82, 2.24) is 14.9 Å². The molecule has 2 heterocycles. The quantitative estimate of drug-likeness (QED) is 0.306. The van der Waals surface area contributed by atoms with Gasteiger partial charge in [-0.1, -0.05) is 41.0 Å². The molecule has 11 heteroatoms. The molecular formula is C25H25ClFN3O4S2. The Kier molecular flexibility index (Phi) is 7.45. The number of halogens is 2. The van der Waals surface area contributed by atoms with Crippen molar-refractivity contribution in [2.45, 2.75) is 43.0 Å². The summed E-state index contributed by atoms with van der Waals surface area (Å²) in [5, 5.41) is 5.24. The number of benzene rings is 2. The molecule has 36 heavy (non-hydrogen) atoms. The maximum atomic E-state index is 14.8. The van der Waals surface area contributed by atoms with Crippen LogP contribution in [0.25, 0.3) is 22.2 Å². The zero-order valence-corrected chi connectivity index (χ0v) is 22.5. The van der Waals surface area contributed by atoms with E-state index in [0.717, 1.165) is 23.8 Å². The molecule has 7 nitrogen and oxygen atoms in total. The molecule has 0 saturated heterocycles. The van der Waals surface area contributed by atoms with Gasteiger partial charge in [0.25, 0.3) is 0 Å². The van der Waals surface area contributed by atoms with Gasteiger partial charge >= 0.3 is 0 Å². The number of nitrogens with one attached hydrogen (secondary N) is 1. The zero-order valence-electron chi connectivity index (χ0n) is 20.1. The molecule has 4 aromatic rings. The van der Waals surface area contributed by atoms with E-state index in [0.29, 0.717) is 27.4 Å². The highest BCUT2D eigenvalue weighted by Gasteiger charge is 2.32. The molecule has 2 aromatic heterocycles. The first kappa shape index (κ1) is 26.6. The number of fused-ring (bicyclic) bond motifs is 1. The number of hydrogen-bond donors (Lipinski definition) is 1. The van der Waals surface area contributed by atoms with Gasteiger partial charge in [0.2, 0.25) is 0 Å². The summed E-state index contributed by atoms with van der Waals surface area (Å²) < 4.78 is 60.0. The largest absolute Gasteiger partial charge is 0.598 e. The lowest BCUT2D eigenvalue weighted by Crippen LogP contribution is -2.42. The van der Waals surface area contributed by atoms with Crippen LogP contribution in [-0.2, 0) is 27.6 Å². The molecule has 1 N–H and O–H groups in total. The van der Waals surface area contributed by atoms with Crippen molar-refractivity contribution in [3.05, 3.63) is 76.7 Å². The fraction of sp³-hybridized carbons (Fsp3) is 0.280. The maximum Gasteiger partial charge on any atom is 0.192 e. The van der Waals surface area contributed by atoms with Gasteiger partial charge in [-0.05, 0) is 50.6 Å². The summed E-state index contributed by atoms with van der Waals surface area (Å²) in [7, 11) is -3.65. The Morgan fingerprint density at radius 1 is 1.17 bits per heavy atom. The van der Waals surface area contributed by atoms with Crippen LogP contribution < -0.4 is 4.72 Å². The summed E-state index contributed by atoms with van der Waals surface area (Å²) in [6, 6.07) is 14.0. The number of pyridine rings is 1. The fourth-order valence-corrected chi connectivity index (χ4v) is 5.23. The van der Waals surface area contributed by atoms with Gasteiger partial charge < -0.3 is 9.08 Å². The molecule has 0 amide bonds. The first-order valence-corrected chi connectivity index (χ1v) is 14.4. The minimum absolute atomic E-state index is 0.0599. The average Bonchev–Trinajstić information content (AvgIpc) is 3.21. The van der Waals surface area contributed by atoms with Crippen LogP contribution in [0.15, 0.2) is 64.1 Å². The maximum absolute atomic E-state index is 14.8. The van der Waals surface area contributed by atoms with Crippen LogP contribution in [0.4, 0.5) is 4.39 Å². The Bertz CT molecular complexity index is 1520. The predicted octanol–water partition coefficient (Wildman–Crippen LogP) is 5.42. The van der Waals surface area contributed by atoms with Gasteiger partial charge in [-0.2, -0.15) is 0 Å². The van der Waals surface area contributed by atoms with Crippen molar-refractivity contribution in [2.24, 2.45) is 0 Å². The van der Waals surface area contributed by atoms with Gasteiger partial charge in [-0.15, -0.1) is 4.72 Å². The summed E-state index contributed by atoms with van der Waals surface area (Å²) in [5.41, 5.74) is 2.34. The van der Waals surface area contributed by atoms with Crippen molar-refractivity contribution < 1.29 is 21.9 Å². The van der Waals surface area contributed by atoms with E-state index in [2.05, 4.69) is 14.9 Å². The number of aromatic nitrogens is 2. The molecule has 0 radical (unpaired) electrons. The number of sulfone groups is 1. The summed E-state index contributed by atoms with van der Waals surface area (Å²) in [4.78, 5) is 4.08. The molecule has 0 saturated carbocycles. The van der Waals surface area contributed by atoms with Crippen LogP contribution in [0.2, 0.25) is 5.02 Å². The van der Waals surface area contributed by atoms with E-state index in [4.69, 9.17) is 16.1 Å². The van der Waals surface area contributed by atoms with E-state index in [1.165, 1.54) is 0 Å². The second-order valence-electron chi connectivity index (χ2n) is 9.36. The number of hydrogen-bond acceptors (Lipinski definition) is 7. The van der Waals surface area contributed by atoms with E-state index < -0.39 is 37.8 Å².